The van der Waals surface area contributed by atoms with E-state index in [-0.39, 0.29) is 11.7 Å². The molecule has 148 valence electrons. The van der Waals surface area contributed by atoms with Crippen molar-refractivity contribution in [3.63, 3.8) is 0 Å². The van der Waals surface area contributed by atoms with E-state index in [1.807, 2.05) is 11.0 Å². The van der Waals surface area contributed by atoms with Gasteiger partial charge in [-0.1, -0.05) is 45.1 Å². The predicted molar refractivity (Wildman–Crippen MR) is 109 cm³/mol. The number of nitrogens with zero attached hydrogens (tertiary/aromatic N) is 1. The molecule has 0 saturated heterocycles. The number of fused-ring (bicyclic) bond motifs is 1. The zero-order valence-corrected chi connectivity index (χ0v) is 16.8. The molecule has 1 aromatic rings. The smallest absolute Gasteiger partial charge is 0.254 e. The third-order valence-electron chi connectivity index (χ3n) is 7.58. The van der Waals surface area contributed by atoms with Gasteiger partial charge in [0.25, 0.3) is 5.91 Å². The first-order valence-corrected chi connectivity index (χ1v) is 11.2. The lowest BCUT2D eigenvalue weighted by Crippen LogP contribution is -2.32. The minimum atomic E-state index is 0.105. The van der Waals surface area contributed by atoms with Gasteiger partial charge in [0.2, 0.25) is 0 Å². The van der Waals surface area contributed by atoms with E-state index in [2.05, 4.69) is 6.92 Å². The molecule has 0 bridgehead atoms. The van der Waals surface area contributed by atoms with Gasteiger partial charge in [-0.15, -0.1) is 0 Å². The number of carbonyl (C=O) groups excluding carboxylic acids is 1. The van der Waals surface area contributed by atoms with E-state index >= 15 is 0 Å². The zero-order chi connectivity index (χ0) is 18.8. The van der Waals surface area contributed by atoms with Crippen molar-refractivity contribution in [3.8, 4) is 5.75 Å². The van der Waals surface area contributed by atoms with Crippen LogP contribution in [0.5, 0.6) is 5.75 Å². The molecule has 1 amide bonds. The molecule has 27 heavy (non-hydrogen) atoms. The first-order valence-electron chi connectivity index (χ1n) is 11.2. The number of carbonyl (C=O) groups is 1. The Balaban J connectivity index is 1.24. The Morgan fingerprint density at radius 3 is 2.52 bits per heavy atom. The zero-order valence-electron chi connectivity index (χ0n) is 16.8. The topological polar surface area (TPSA) is 40.5 Å². The van der Waals surface area contributed by atoms with Gasteiger partial charge < -0.3 is 10.0 Å². The molecular formula is C24H35NO2. The van der Waals surface area contributed by atoms with E-state index in [0.29, 0.717) is 18.0 Å². The summed E-state index contributed by atoms with van der Waals surface area (Å²) in [6.45, 7) is 4.09. The fourth-order valence-corrected chi connectivity index (χ4v) is 5.89. The minimum Gasteiger partial charge on any atom is -0.508 e. The Kier molecular flexibility index (Phi) is 5.75. The molecule has 4 rings (SSSR count). The summed E-state index contributed by atoms with van der Waals surface area (Å²) >= 11 is 0. The summed E-state index contributed by atoms with van der Waals surface area (Å²) in [6, 6.07) is 5.21. The van der Waals surface area contributed by atoms with Crippen LogP contribution in [0.3, 0.4) is 0 Å². The van der Waals surface area contributed by atoms with Crippen LogP contribution in [-0.2, 0) is 6.54 Å². The summed E-state index contributed by atoms with van der Waals surface area (Å²) in [7, 11) is 0. The Hall–Kier alpha value is -1.51. The van der Waals surface area contributed by atoms with Crippen LogP contribution >= 0.6 is 0 Å². The number of phenolic OH excluding ortho intramolecular Hbond substituents is 1. The van der Waals surface area contributed by atoms with Gasteiger partial charge in [-0.3, -0.25) is 4.79 Å². The molecule has 2 fully saturated rings. The molecule has 1 N–H and O–H groups in total. The number of hydrogen-bond donors (Lipinski definition) is 1. The van der Waals surface area contributed by atoms with E-state index in [4.69, 9.17) is 0 Å². The summed E-state index contributed by atoms with van der Waals surface area (Å²) in [5.41, 5.74) is 1.76. The van der Waals surface area contributed by atoms with Crippen molar-refractivity contribution < 1.29 is 9.90 Å². The van der Waals surface area contributed by atoms with Crippen LogP contribution in [0, 0.1) is 23.7 Å². The van der Waals surface area contributed by atoms with E-state index in [1.165, 1.54) is 64.2 Å². The normalized spacial score (nSPS) is 27.6. The SMILES string of the molecule is CC(CC1CCCCC1)C1CCC(CN2Cc3ccc(O)cc3C2=O)CC1. The lowest BCUT2D eigenvalue weighted by molar-refractivity contribution is 0.0717. The maximum absolute atomic E-state index is 12.6. The summed E-state index contributed by atoms with van der Waals surface area (Å²) in [5.74, 6) is 3.70. The van der Waals surface area contributed by atoms with Crippen LogP contribution in [0.25, 0.3) is 0 Å². The third-order valence-corrected chi connectivity index (χ3v) is 7.58. The fraction of sp³-hybridized carbons (Fsp3) is 0.708. The highest BCUT2D eigenvalue weighted by molar-refractivity contribution is 5.98. The average molecular weight is 370 g/mol. The van der Waals surface area contributed by atoms with Gasteiger partial charge in [0.1, 0.15) is 5.75 Å². The molecule has 2 aliphatic carbocycles. The summed E-state index contributed by atoms with van der Waals surface area (Å²) in [5, 5.41) is 9.65. The number of benzene rings is 1. The molecule has 2 saturated carbocycles. The molecule has 3 heteroatoms. The molecule has 3 nitrogen and oxygen atoms in total. The maximum Gasteiger partial charge on any atom is 0.254 e. The Morgan fingerprint density at radius 2 is 1.78 bits per heavy atom. The van der Waals surface area contributed by atoms with Crippen molar-refractivity contribution in [3.05, 3.63) is 29.3 Å². The van der Waals surface area contributed by atoms with Gasteiger partial charge in [-0.05, 0) is 73.5 Å². The van der Waals surface area contributed by atoms with Crippen LogP contribution in [0.1, 0.15) is 87.1 Å². The molecule has 1 unspecified atom stereocenters. The number of amides is 1. The van der Waals surface area contributed by atoms with Gasteiger partial charge in [0.05, 0.1) is 0 Å². The third kappa shape index (κ3) is 4.33. The molecule has 0 aromatic heterocycles. The summed E-state index contributed by atoms with van der Waals surface area (Å²) < 4.78 is 0. The number of hydrogen-bond acceptors (Lipinski definition) is 2. The summed E-state index contributed by atoms with van der Waals surface area (Å²) in [4.78, 5) is 14.6. The monoisotopic (exact) mass is 369 g/mol. The second-order valence-corrected chi connectivity index (χ2v) is 9.52. The van der Waals surface area contributed by atoms with Crippen molar-refractivity contribution in [2.75, 3.05) is 6.54 Å². The van der Waals surface area contributed by atoms with Crippen molar-refractivity contribution in [1.29, 1.82) is 0 Å². The largest absolute Gasteiger partial charge is 0.508 e. The number of rotatable bonds is 5. The van der Waals surface area contributed by atoms with Gasteiger partial charge in [-0.25, -0.2) is 0 Å². The average Bonchev–Trinajstić information content (AvgIpc) is 2.98. The molecule has 1 aromatic carbocycles. The van der Waals surface area contributed by atoms with E-state index < -0.39 is 0 Å². The quantitative estimate of drug-likeness (QED) is 0.717. The van der Waals surface area contributed by atoms with Crippen LogP contribution < -0.4 is 0 Å². The van der Waals surface area contributed by atoms with Crippen LogP contribution in [0.2, 0.25) is 0 Å². The highest BCUT2D eigenvalue weighted by Gasteiger charge is 2.32. The Labute approximate surface area is 164 Å². The van der Waals surface area contributed by atoms with Crippen LogP contribution in [-0.4, -0.2) is 22.5 Å². The van der Waals surface area contributed by atoms with Crippen molar-refractivity contribution in [1.82, 2.24) is 4.90 Å². The second-order valence-electron chi connectivity index (χ2n) is 9.52. The van der Waals surface area contributed by atoms with Gasteiger partial charge in [-0.2, -0.15) is 0 Å². The lowest BCUT2D eigenvalue weighted by Gasteiger charge is -2.35. The van der Waals surface area contributed by atoms with Gasteiger partial charge in [0.15, 0.2) is 0 Å². The van der Waals surface area contributed by atoms with Crippen LogP contribution in [0.4, 0.5) is 0 Å². The van der Waals surface area contributed by atoms with Crippen molar-refractivity contribution >= 4 is 5.91 Å². The standard InChI is InChI=1S/C24H35NO2/c1-17(13-18-5-3-2-4-6-18)20-9-7-19(8-10-20)15-25-16-21-11-12-22(26)14-23(21)24(25)27/h11-12,14,17-20,26H,2-10,13,15-16H2,1H3. The molecule has 0 radical (unpaired) electrons. The molecular weight excluding hydrogens is 334 g/mol. The second kappa shape index (κ2) is 8.24. The first kappa shape index (κ1) is 18.8. The van der Waals surface area contributed by atoms with E-state index in [0.717, 1.165) is 29.9 Å². The predicted octanol–water partition coefficient (Wildman–Crippen LogP) is 5.76. The van der Waals surface area contributed by atoms with Gasteiger partial charge in [0, 0.05) is 18.7 Å². The maximum atomic E-state index is 12.6. The first-order chi connectivity index (χ1) is 13.1. The van der Waals surface area contributed by atoms with Gasteiger partial charge >= 0.3 is 0 Å². The Morgan fingerprint density at radius 1 is 1.04 bits per heavy atom. The molecule has 0 spiro atoms. The number of aromatic hydroxyl groups is 1. The van der Waals surface area contributed by atoms with Crippen molar-refractivity contribution in [2.24, 2.45) is 23.7 Å². The lowest BCUT2D eigenvalue weighted by atomic mass is 9.72. The highest BCUT2D eigenvalue weighted by atomic mass is 16.3. The minimum absolute atomic E-state index is 0.105. The molecule has 3 aliphatic rings. The Bertz CT molecular complexity index is 656. The van der Waals surface area contributed by atoms with E-state index in [9.17, 15) is 9.90 Å². The summed E-state index contributed by atoms with van der Waals surface area (Å²) in [6.07, 6.45) is 14.0. The fourth-order valence-electron chi connectivity index (χ4n) is 5.89. The number of phenols is 1. The van der Waals surface area contributed by atoms with E-state index in [1.54, 1.807) is 12.1 Å². The highest BCUT2D eigenvalue weighted by Crippen LogP contribution is 2.39. The molecule has 1 atom stereocenters. The van der Waals surface area contributed by atoms with Crippen LogP contribution in [0.15, 0.2) is 18.2 Å². The molecule has 1 heterocycles. The van der Waals surface area contributed by atoms with Crippen molar-refractivity contribution in [2.45, 2.75) is 77.7 Å². The molecule has 1 aliphatic heterocycles.